The second-order valence-electron chi connectivity index (χ2n) is 6.86. The highest BCUT2D eigenvalue weighted by Crippen LogP contribution is 2.38. The molecule has 128 valence electrons. The molecule has 4 rings (SSSR count). The van der Waals surface area contributed by atoms with Crippen molar-refractivity contribution in [2.75, 3.05) is 27.2 Å². The summed E-state index contributed by atoms with van der Waals surface area (Å²) in [6, 6.07) is 10.6. The molecular formula is C21H23N3O. The van der Waals surface area contributed by atoms with Crippen molar-refractivity contribution in [2.24, 2.45) is 7.05 Å². The number of pyridine rings is 1. The van der Waals surface area contributed by atoms with Gasteiger partial charge in [-0.3, -0.25) is 4.98 Å². The summed E-state index contributed by atoms with van der Waals surface area (Å²) in [6.45, 7) is 3.76. The summed E-state index contributed by atoms with van der Waals surface area (Å²) in [7, 11) is 6.25. The number of aromatic nitrogens is 2. The van der Waals surface area contributed by atoms with Crippen molar-refractivity contribution < 1.29 is 4.74 Å². The first-order valence-electron chi connectivity index (χ1n) is 8.60. The van der Waals surface area contributed by atoms with Crippen LogP contribution in [0, 0.1) is 6.92 Å². The first-order valence-corrected chi connectivity index (χ1v) is 8.60. The Balaban J connectivity index is 2.00. The van der Waals surface area contributed by atoms with Gasteiger partial charge in [0.05, 0.1) is 11.0 Å². The Morgan fingerprint density at radius 2 is 2.00 bits per heavy atom. The lowest BCUT2D eigenvalue weighted by atomic mass is 10.0. The van der Waals surface area contributed by atoms with Crippen molar-refractivity contribution in [1.82, 2.24) is 14.5 Å². The van der Waals surface area contributed by atoms with Gasteiger partial charge in [0, 0.05) is 42.1 Å². The Labute approximate surface area is 147 Å². The molecule has 0 aliphatic carbocycles. The molecule has 2 aromatic carbocycles. The van der Waals surface area contributed by atoms with E-state index in [0.717, 1.165) is 12.3 Å². The van der Waals surface area contributed by atoms with Gasteiger partial charge in [0.2, 0.25) is 0 Å². The van der Waals surface area contributed by atoms with Crippen LogP contribution in [0.1, 0.15) is 5.56 Å². The summed E-state index contributed by atoms with van der Waals surface area (Å²) >= 11 is 0. The van der Waals surface area contributed by atoms with E-state index in [-0.39, 0.29) is 0 Å². The Morgan fingerprint density at radius 1 is 1.16 bits per heavy atom. The minimum Gasteiger partial charge on any atom is -0.492 e. The maximum atomic E-state index is 6.13. The Bertz CT molecular complexity index is 1080. The molecule has 0 atom stereocenters. The van der Waals surface area contributed by atoms with Crippen LogP contribution in [0.15, 0.2) is 42.7 Å². The second kappa shape index (κ2) is 6.05. The SMILES string of the molecule is Cc1c2ccncc2cc2c3c(OCCN(C)C)cccc3n(C)c12. The van der Waals surface area contributed by atoms with Crippen molar-refractivity contribution in [1.29, 1.82) is 0 Å². The van der Waals surface area contributed by atoms with Crippen LogP contribution >= 0.6 is 0 Å². The first-order chi connectivity index (χ1) is 12.1. The molecule has 0 aliphatic rings. The third kappa shape index (κ3) is 2.53. The lowest BCUT2D eigenvalue weighted by molar-refractivity contribution is 0.264. The Morgan fingerprint density at radius 3 is 2.80 bits per heavy atom. The molecule has 0 aliphatic heterocycles. The quantitative estimate of drug-likeness (QED) is 0.562. The topological polar surface area (TPSA) is 30.3 Å². The predicted octanol–water partition coefficient (Wildman–Crippen LogP) is 4.13. The van der Waals surface area contributed by atoms with Crippen LogP contribution < -0.4 is 4.74 Å². The minimum absolute atomic E-state index is 0.677. The third-order valence-electron chi connectivity index (χ3n) is 4.93. The number of likely N-dealkylation sites (N-methyl/N-ethyl adjacent to an activating group) is 1. The van der Waals surface area contributed by atoms with Gasteiger partial charge in [-0.1, -0.05) is 6.07 Å². The number of ether oxygens (including phenoxy) is 1. The molecule has 0 bridgehead atoms. The molecule has 0 unspecified atom stereocenters. The fourth-order valence-electron chi connectivity index (χ4n) is 3.69. The number of hydrogen-bond donors (Lipinski definition) is 0. The number of hydrogen-bond acceptors (Lipinski definition) is 3. The van der Waals surface area contributed by atoms with E-state index in [4.69, 9.17) is 4.74 Å². The van der Waals surface area contributed by atoms with Crippen molar-refractivity contribution in [3.8, 4) is 5.75 Å². The fourth-order valence-corrected chi connectivity index (χ4v) is 3.69. The molecule has 0 saturated heterocycles. The summed E-state index contributed by atoms with van der Waals surface area (Å²) in [6.07, 6.45) is 3.80. The van der Waals surface area contributed by atoms with Gasteiger partial charge in [-0.15, -0.1) is 0 Å². The summed E-state index contributed by atoms with van der Waals surface area (Å²) in [5.74, 6) is 0.951. The van der Waals surface area contributed by atoms with Gasteiger partial charge >= 0.3 is 0 Å². The number of fused-ring (bicyclic) bond motifs is 4. The van der Waals surface area contributed by atoms with Gasteiger partial charge in [0.25, 0.3) is 0 Å². The van der Waals surface area contributed by atoms with Crippen LogP contribution in [0.25, 0.3) is 32.6 Å². The standard InChI is InChI=1S/C21H23N3O/c1-14-16-8-9-22-13-15(16)12-17-20-18(24(4)21(14)17)6-5-7-19(20)25-11-10-23(2)3/h5-9,12-13H,10-11H2,1-4H3. The number of benzene rings is 2. The molecule has 0 spiro atoms. The minimum atomic E-state index is 0.677. The zero-order valence-electron chi connectivity index (χ0n) is 15.2. The summed E-state index contributed by atoms with van der Waals surface area (Å²) < 4.78 is 8.41. The summed E-state index contributed by atoms with van der Waals surface area (Å²) in [5, 5.41) is 4.84. The van der Waals surface area contributed by atoms with E-state index in [1.165, 1.54) is 38.1 Å². The second-order valence-corrected chi connectivity index (χ2v) is 6.86. The van der Waals surface area contributed by atoms with Crippen molar-refractivity contribution in [2.45, 2.75) is 6.92 Å². The molecule has 0 fully saturated rings. The normalized spacial score (nSPS) is 11.9. The fraction of sp³-hybridized carbons (Fsp3) is 0.286. The van der Waals surface area contributed by atoms with Crippen LogP contribution in [0.4, 0.5) is 0 Å². The molecule has 0 amide bonds. The predicted molar refractivity (Wildman–Crippen MR) is 105 cm³/mol. The highest BCUT2D eigenvalue weighted by atomic mass is 16.5. The largest absolute Gasteiger partial charge is 0.492 e. The Hall–Kier alpha value is -2.59. The number of aryl methyl sites for hydroxylation is 2. The van der Waals surface area contributed by atoms with E-state index in [9.17, 15) is 0 Å². The van der Waals surface area contributed by atoms with Gasteiger partial charge in [-0.05, 0) is 56.2 Å². The lowest BCUT2D eigenvalue weighted by Gasteiger charge is -2.12. The van der Waals surface area contributed by atoms with Crippen molar-refractivity contribution in [3.05, 3.63) is 48.3 Å². The lowest BCUT2D eigenvalue weighted by Crippen LogP contribution is -2.19. The average molecular weight is 333 g/mol. The van der Waals surface area contributed by atoms with Crippen LogP contribution in [0.5, 0.6) is 5.75 Å². The average Bonchev–Trinajstić information content (AvgIpc) is 2.89. The molecule has 25 heavy (non-hydrogen) atoms. The van der Waals surface area contributed by atoms with E-state index < -0.39 is 0 Å². The van der Waals surface area contributed by atoms with Crippen LogP contribution in [-0.2, 0) is 7.05 Å². The third-order valence-corrected chi connectivity index (χ3v) is 4.93. The van der Waals surface area contributed by atoms with E-state index in [1.807, 2.05) is 12.4 Å². The maximum absolute atomic E-state index is 6.13. The zero-order valence-corrected chi connectivity index (χ0v) is 15.2. The van der Waals surface area contributed by atoms with Gasteiger partial charge in [0.15, 0.2) is 0 Å². The highest BCUT2D eigenvalue weighted by molar-refractivity contribution is 6.16. The van der Waals surface area contributed by atoms with Gasteiger partial charge < -0.3 is 14.2 Å². The summed E-state index contributed by atoms with van der Waals surface area (Å²) in [5.41, 5.74) is 3.74. The molecule has 4 aromatic rings. The smallest absolute Gasteiger partial charge is 0.129 e. The first kappa shape index (κ1) is 15.9. The molecule has 0 saturated carbocycles. The monoisotopic (exact) mass is 333 g/mol. The van der Waals surface area contributed by atoms with Crippen molar-refractivity contribution in [3.63, 3.8) is 0 Å². The maximum Gasteiger partial charge on any atom is 0.129 e. The molecule has 0 N–H and O–H groups in total. The molecule has 0 radical (unpaired) electrons. The molecule has 2 aromatic heterocycles. The van der Waals surface area contributed by atoms with Crippen LogP contribution in [-0.4, -0.2) is 41.7 Å². The van der Waals surface area contributed by atoms with E-state index in [0.29, 0.717) is 6.61 Å². The van der Waals surface area contributed by atoms with E-state index in [1.54, 1.807) is 0 Å². The highest BCUT2D eigenvalue weighted by Gasteiger charge is 2.16. The zero-order chi connectivity index (χ0) is 17.6. The Kier molecular flexibility index (Phi) is 3.85. The van der Waals surface area contributed by atoms with Crippen LogP contribution in [0.3, 0.4) is 0 Å². The van der Waals surface area contributed by atoms with E-state index >= 15 is 0 Å². The van der Waals surface area contributed by atoms with Gasteiger partial charge in [-0.2, -0.15) is 0 Å². The molecule has 4 heteroatoms. The van der Waals surface area contributed by atoms with Crippen molar-refractivity contribution >= 4 is 32.6 Å². The van der Waals surface area contributed by atoms with Crippen LogP contribution in [0.2, 0.25) is 0 Å². The molecular weight excluding hydrogens is 310 g/mol. The molecule has 2 heterocycles. The number of nitrogens with zero attached hydrogens (tertiary/aromatic N) is 3. The van der Waals surface area contributed by atoms with Gasteiger partial charge in [-0.25, -0.2) is 0 Å². The number of rotatable bonds is 4. The molecule has 4 nitrogen and oxygen atoms in total. The van der Waals surface area contributed by atoms with E-state index in [2.05, 4.69) is 72.8 Å². The summed E-state index contributed by atoms with van der Waals surface area (Å²) in [4.78, 5) is 6.43. The van der Waals surface area contributed by atoms with Gasteiger partial charge in [0.1, 0.15) is 12.4 Å².